The zero-order valence-corrected chi connectivity index (χ0v) is 12.0. The van der Waals surface area contributed by atoms with Crippen LogP contribution in [-0.4, -0.2) is 48.3 Å². The minimum atomic E-state index is -2.44. The number of rotatable bonds is 5. The van der Waals surface area contributed by atoms with E-state index in [9.17, 15) is 13.6 Å². The summed E-state index contributed by atoms with van der Waals surface area (Å²) in [5.74, 6) is 0. The molecule has 1 aliphatic carbocycles. The third kappa shape index (κ3) is 4.60. The van der Waals surface area contributed by atoms with E-state index < -0.39 is 13.0 Å². The van der Waals surface area contributed by atoms with Gasteiger partial charge in [0, 0.05) is 11.6 Å². The Morgan fingerprint density at radius 2 is 1.95 bits per heavy atom. The molecule has 0 unspecified atom stereocenters. The number of carbonyl (C=O) groups is 1. The van der Waals surface area contributed by atoms with Crippen LogP contribution in [0.5, 0.6) is 0 Å². The lowest BCUT2D eigenvalue weighted by molar-refractivity contribution is -0.0931. The van der Waals surface area contributed by atoms with E-state index in [1.165, 1.54) is 0 Å². The van der Waals surface area contributed by atoms with Crippen molar-refractivity contribution < 1.29 is 23.0 Å². The SMILES string of the molecule is CCOC(=O)N(C1CC(OCC(F)F)C1)C(C)(C)C. The average molecular weight is 279 g/mol. The van der Waals surface area contributed by atoms with Gasteiger partial charge in [-0.05, 0) is 40.5 Å². The second-order valence-electron chi connectivity index (χ2n) is 5.71. The zero-order valence-electron chi connectivity index (χ0n) is 12.0. The maximum absolute atomic E-state index is 12.0. The molecule has 0 aromatic carbocycles. The van der Waals surface area contributed by atoms with Gasteiger partial charge < -0.3 is 14.4 Å². The van der Waals surface area contributed by atoms with Gasteiger partial charge in [-0.15, -0.1) is 0 Å². The molecule has 0 saturated heterocycles. The van der Waals surface area contributed by atoms with Crippen LogP contribution in [0.1, 0.15) is 40.5 Å². The summed E-state index contributed by atoms with van der Waals surface area (Å²) in [7, 11) is 0. The molecule has 1 rings (SSSR count). The van der Waals surface area contributed by atoms with Gasteiger partial charge >= 0.3 is 6.09 Å². The van der Waals surface area contributed by atoms with Crippen molar-refractivity contribution >= 4 is 6.09 Å². The van der Waals surface area contributed by atoms with Crippen molar-refractivity contribution in [3.05, 3.63) is 0 Å². The van der Waals surface area contributed by atoms with Crippen molar-refractivity contribution in [3.63, 3.8) is 0 Å². The Morgan fingerprint density at radius 1 is 1.37 bits per heavy atom. The van der Waals surface area contributed by atoms with Gasteiger partial charge in [-0.3, -0.25) is 0 Å². The molecule has 0 aromatic rings. The van der Waals surface area contributed by atoms with Crippen molar-refractivity contribution in [2.45, 2.75) is 64.6 Å². The van der Waals surface area contributed by atoms with Gasteiger partial charge in [-0.25, -0.2) is 13.6 Å². The smallest absolute Gasteiger partial charge is 0.410 e. The lowest BCUT2D eigenvalue weighted by Gasteiger charge is -2.47. The highest BCUT2D eigenvalue weighted by Gasteiger charge is 2.42. The van der Waals surface area contributed by atoms with Gasteiger partial charge in [0.1, 0.15) is 6.61 Å². The quantitative estimate of drug-likeness (QED) is 0.776. The molecule has 1 fully saturated rings. The van der Waals surface area contributed by atoms with Gasteiger partial charge in [0.05, 0.1) is 12.7 Å². The van der Waals surface area contributed by atoms with Gasteiger partial charge in [-0.1, -0.05) is 0 Å². The van der Waals surface area contributed by atoms with Crippen molar-refractivity contribution in [1.82, 2.24) is 4.90 Å². The standard InChI is InChI=1S/C13H23F2NO3/c1-5-18-12(17)16(13(2,3)4)9-6-10(7-9)19-8-11(14)15/h9-11H,5-8H2,1-4H3. The number of alkyl halides is 2. The molecule has 0 N–H and O–H groups in total. The van der Waals surface area contributed by atoms with Crippen LogP contribution in [0.4, 0.5) is 13.6 Å². The molecule has 19 heavy (non-hydrogen) atoms. The summed E-state index contributed by atoms with van der Waals surface area (Å²) in [6.45, 7) is 7.33. The Balaban J connectivity index is 2.50. The minimum absolute atomic E-state index is 0.00159. The van der Waals surface area contributed by atoms with Gasteiger partial charge in [0.15, 0.2) is 0 Å². The summed E-state index contributed by atoms with van der Waals surface area (Å²) in [4.78, 5) is 13.6. The summed E-state index contributed by atoms with van der Waals surface area (Å²) in [6, 6.07) is 0.00159. The molecular formula is C13H23F2NO3. The Labute approximate surface area is 113 Å². The molecule has 0 aromatic heterocycles. The summed E-state index contributed by atoms with van der Waals surface area (Å²) in [6.07, 6.45) is -1.81. The van der Waals surface area contributed by atoms with Crippen LogP contribution in [0.15, 0.2) is 0 Å². The molecular weight excluding hydrogens is 256 g/mol. The minimum Gasteiger partial charge on any atom is -0.450 e. The number of ether oxygens (including phenoxy) is 2. The van der Waals surface area contributed by atoms with Crippen LogP contribution < -0.4 is 0 Å². The van der Waals surface area contributed by atoms with Crippen molar-refractivity contribution in [2.24, 2.45) is 0 Å². The average Bonchev–Trinajstić information content (AvgIpc) is 2.18. The molecule has 0 spiro atoms. The fraction of sp³-hybridized carbons (Fsp3) is 0.923. The van der Waals surface area contributed by atoms with E-state index in [0.717, 1.165) is 0 Å². The van der Waals surface area contributed by atoms with Crippen LogP contribution in [0.3, 0.4) is 0 Å². The first-order chi connectivity index (χ1) is 8.75. The maximum atomic E-state index is 12.0. The highest BCUT2D eigenvalue weighted by molar-refractivity contribution is 5.69. The third-order valence-corrected chi connectivity index (χ3v) is 3.08. The van der Waals surface area contributed by atoms with Gasteiger partial charge in [-0.2, -0.15) is 0 Å². The summed E-state index contributed by atoms with van der Waals surface area (Å²) < 4.78 is 34.1. The van der Waals surface area contributed by atoms with Crippen LogP contribution in [0.25, 0.3) is 0 Å². The lowest BCUT2D eigenvalue weighted by atomic mass is 9.85. The molecule has 0 radical (unpaired) electrons. The predicted molar refractivity (Wildman–Crippen MR) is 67.4 cm³/mol. The van der Waals surface area contributed by atoms with E-state index in [-0.39, 0.29) is 23.8 Å². The van der Waals surface area contributed by atoms with E-state index in [2.05, 4.69) is 0 Å². The molecule has 0 bridgehead atoms. The molecule has 112 valence electrons. The molecule has 0 aliphatic heterocycles. The van der Waals surface area contributed by atoms with E-state index in [0.29, 0.717) is 19.4 Å². The molecule has 0 heterocycles. The largest absolute Gasteiger partial charge is 0.450 e. The second-order valence-corrected chi connectivity index (χ2v) is 5.71. The molecule has 1 aliphatic rings. The summed E-state index contributed by atoms with van der Waals surface area (Å²) >= 11 is 0. The van der Waals surface area contributed by atoms with Gasteiger partial charge in [0.25, 0.3) is 6.43 Å². The molecule has 4 nitrogen and oxygen atoms in total. The first-order valence-corrected chi connectivity index (χ1v) is 6.61. The highest BCUT2D eigenvalue weighted by atomic mass is 19.3. The van der Waals surface area contributed by atoms with Crippen molar-refractivity contribution in [3.8, 4) is 0 Å². The fourth-order valence-corrected chi connectivity index (χ4v) is 2.26. The molecule has 0 atom stereocenters. The topological polar surface area (TPSA) is 38.8 Å². The van der Waals surface area contributed by atoms with Crippen molar-refractivity contribution in [2.75, 3.05) is 13.2 Å². The first kappa shape index (κ1) is 16.1. The number of nitrogens with zero attached hydrogens (tertiary/aromatic N) is 1. The van der Waals surface area contributed by atoms with E-state index >= 15 is 0 Å². The van der Waals surface area contributed by atoms with Crippen LogP contribution in [0.2, 0.25) is 0 Å². The Morgan fingerprint density at radius 3 is 2.37 bits per heavy atom. The van der Waals surface area contributed by atoms with Crippen molar-refractivity contribution in [1.29, 1.82) is 0 Å². The fourth-order valence-electron chi connectivity index (χ4n) is 2.26. The summed E-state index contributed by atoms with van der Waals surface area (Å²) in [5, 5.41) is 0. The van der Waals surface area contributed by atoms with E-state index in [4.69, 9.17) is 9.47 Å². The zero-order chi connectivity index (χ0) is 14.6. The number of carbonyl (C=O) groups excluding carboxylic acids is 1. The van der Waals surface area contributed by atoms with Crippen LogP contribution >= 0.6 is 0 Å². The number of amides is 1. The first-order valence-electron chi connectivity index (χ1n) is 6.61. The number of hydrogen-bond acceptors (Lipinski definition) is 3. The Kier molecular flexibility index (Phi) is 5.52. The van der Waals surface area contributed by atoms with Crippen LogP contribution in [0, 0.1) is 0 Å². The lowest BCUT2D eigenvalue weighted by Crippen LogP contribution is -2.58. The second kappa shape index (κ2) is 6.50. The molecule has 1 amide bonds. The van der Waals surface area contributed by atoms with Crippen LogP contribution in [-0.2, 0) is 9.47 Å². The van der Waals surface area contributed by atoms with Gasteiger partial charge in [0.2, 0.25) is 0 Å². The molecule has 6 heteroatoms. The third-order valence-electron chi connectivity index (χ3n) is 3.08. The Hall–Kier alpha value is -0.910. The normalized spacial score (nSPS) is 23.1. The number of halogens is 2. The van der Waals surface area contributed by atoms with E-state index in [1.807, 2.05) is 20.8 Å². The monoisotopic (exact) mass is 279 g/mol. The number of hydrogen-bond donors (Lipinski definition) is 0. The molecule has 1 saturated carbocycles. The summed E-state index contributed by atoms with van der Waals surface area (Å²) in [5.41, 5.74) is -0.357. The maximum Gasteiger partial charge on any atom is 0.410 e. The van der Waals surface area contributed by atoms with E-state index in [1.54, 1.807) is 11.8 Å². The Bertz CT molecular complexity index is 299. The highest BCUT2D eigenvalue weighted by Crippen LogP contribution is 2.33. The predicted octanol–water partition coefficient (Wildman–Crippen LogP) is 3.06.